The van der Waals surface area contributed by atoms with Crippen LogP contribution in [0.3, 0.4) is 0 Å². The van der Waals surface area contributed by atoms with Crippen LogP contribution >= 0.6 is 15.9 Å². The van der Waals surface area contributed by atoms with E-state index in [1.54, 1.807) is 12.1 Å². The molecule has 16 aromatic rings. The molecule has 0 aliphatic heterocycles. The quantitative estimate of drug-likeness (QED) is 0.129. The van der Waals surface area contributed by atoms with Gasteiger partial charge < -0.3 is 10.0 Å². The Morgan fingerprint density at radius 2 is 0.560 bits per heavy atom. The summed E-state index contributed by atoms with van der Waals surface area (Å²) in [6.45, 7) is 0. The van der Waals surface area contributed by atoms with Crippen LogP contribution in [0.2, 0.25) is 0 Å². The van der Waals surface area contributed by atoms with Crippen LogP contribution in [-0.4, -0.2) is 17.2 Å². The summed E-state index contributed by atoms with van der Waals surface area (Å²) in [7, 11) is -1.42. The van der Waals surface area contributed by atoms with Gasteiger partial charge in [0.1, 0.15) is 0 Å². The fraction of sp³-hybridized carbons (Fsp3) is 0. The molecule has 84 heavy (non-hydrogen) atoms. The molecule has 396 valence electrons. The maximum Gasteiger partial charge on any atom is 0.488 e. The van der Waals surface area contributed by atoms with Crippen LogP contribution in [0.4, 0.5) is 0 Å². The third-order valence-electron chi connectivity index (χ3n) is 15.3. The third kappa shape index (κ3) is 9.87. The number of hydrogen-bond acceptors (Lipinski definition) is 2. The van der Waals surface area contributed by atoms with Crippen molar-refractivity contribution in [2.45, 2.75) is 0 Å². The molecule has 0 atom stereocenters. The monoisotopic (exact) mass is 1150 g/mol. The Labute approximate surface area is 519 Å². The van der Waals surface area contributed by atoms with E-state index in [0.29, 0.717) is 38.8 Å². The van der Waals surface area contributed by atoms with Crippen molar-refractivity contribution in [2.75, 3.05) is 0 Å². The normalized spacial score (nSPS) is 13.9. The lowest BCUT2D eigenvalue weighted by Crippen LogP contribution is -2.29. The number of benzene rings is 16. The summed E-state index contributed by atoms with van der Waals surface area (Å²) in [6.07, 6.45) is 0. The highest BCUT2D eigenvalue weighted by molar-refractivity contribution is 9.10. The van der Waals surface area contributed by atoms with Gasteiger partial charge in [-0.2, -0.15) is 0 Å². The molecule has 0 saturated carbocycles. The Kier molecular flexibility index (Phi) is 10.1. The van der Waals surface area contributed by atoms with E-state index in [1.165, 1.54) is 10.8 Å². The molecule has 0 saturated heterocycles. The lowest BCUT2D eigenvalue weighted by molar-refractivity contribution is 0.426. The number of fused-ring (bicyclic) bond motifs is 8. The molecule has 16 rings (SSSR count). The van der Waals surface area contributed by atoms with E-state index in [4.69, 9.17) is 26.5 Å². The Morgan fingerprint density at radius 1 is 0.262 bits per heavy atom. The van der Waals surface area contributed by atoms with Crippen LogP contribution in [0.5, 0.6) is 0 Å². The number of rotatable bonds is 6. The first-order valence-electron chi connectivity index (χ1n) is 35.2. The van der Waals surface area contributed by atoms with Gasteiger partial charge in [0.2, 0.25) is 0 Å². The summed E-state index contributed by atoms with van der Waals surface area (Å²) in [5, 5.41) is 28.2. The highest BCUT2D eigenvalue weighted by Gasteiger charge is 2.18. The number of halogens is 1. The molecule has 0 amide bonds. The van der Waals surface area contributed by atoms with Crippen LogP contribution in [0.25, 0.3) is 142 Å². The van der Waals surface area contributed by atoms with Crippen molar-refractivity contribution in [3.8, 4) is 55.6 Å². The van der Waals surface area contributed by atoms with Gasteiger partial charge in [-0.1, -0.05) is 303 Å². The zero-order valence-electron chi connectivity index (χ0n) is 60.6. The minimum atomic E-state index is -1.42. The largest absolute Gasteiger partial charge is 0.488 e. The minimum absolute atomic E-state index is 0.182. The molecule has 0 unspecified atom stereocenters. The van der Waals surface area contributed by atoms with E-state index < -0.39 is 55.5 Å². The molecule has 0 aliphatic carbocycles. The van der Waals surface area contributed by atoms with Gasteiger partial charge in [0, 0.05) is 4.47 Å². The van der Waals surface area contributed by atoms with Crippen molar-refractivity contribution in [3.63, 3.8) is 0 Å². The van der Waals surface area contributed by atoms with Gasteiger partial charge in [0.25, 0.3) is 0 Å². The summed E-state index contributed by atoms with van der Waals surface area (Å²) in [4.78, 5) is 0. The van der Waals surface area contributed by atoms with E-state index >= 15 is 0 Å². The van der Waals surface area contributed by atoms with Gasteiger partial charge in [0.15, 0.2) is 0 Å². The molecule has 0 radical (unpaired) electrons. The second-order valence-corrected chi connectivity index (χ2v) is 21.0. The molecule has 16 aromatic carbocycles. The second-order valence-electron chi connectivity index (χ2n) is 20.2. The summed E-state index contributed by atoms with van der Waals surface area (Å²) in [6, 6.07) is 64.9. The van der Waals surface area contributed by atoms with Crippen molar-refractivity contribution in [3.05, 3.63) is 320 Å². The summed E-state index contributed by atoms with van der Waals surface area (Å²) in [5.41, 5.74) is 7.52. The Balaban J connectivity index is 0.000000141. The molecule has 2 nitrogen and oxygen atoms in total. The summed E-state index contributed by atoms with van der Waals surface area (Å²) in [5.74, 6) is 0. The Hall–Kier alpha value is -9.94. The predicted molar refractivity (Wildman–Crippen MR) is 364 cm³/mol. The first-order valence-corrected chi connectivity index (χ1v) is 28.0. The fourth-order valence-corrected chi connectivity index (χ4v) is 12.0. The van der Waals surface area contributed by atoms with E-state index in [0.717, 1.165) is 54.6 Å². The third-order valence-corrected chi connectivity index (χ3v) is 16.1. The van der Waals surface area contributed by atoms with E-state index in [2.05, 4.69) is 58.4 Å². The van der Waals surface area contributed by atoms with Crippen LogP contribution in [0.15, 0.2) is 320 Å². The van der Waals surface area contributed by atoms with Crippen LogP contribution in [-0.2, 0) is 0 Å². The first kappa shape index (κ1) is 37.2. The Bertz CT molecular complexity index is 5940. The van der Waals surface area contributed by atoms with E-state index in [9.17, 15) is 5.48 Å². The average molecular weight is 1150 g/mol. The molecule has 0 bridgehead atoms. The Morgan fingerprint density at radius 3 is 0.964 bits per heavy atom. The van der Waals surface area contributed by atoms with Gasteiger partial charge in [-0.15, -0.1) is 0 Å². The van der Waals surface area contributed by atoms with Crippen molar-refractivity contribution < 1.29 is 32.0 Å². The lowest BCUT2D eigenvalue weighted by Gasteiger charge is -2.18. The van der Waals surface area contributed by atoms with Crippen LogP contribution in [0, 0.1) is 0 Å². The standard InChI is InChI=1S/C40H26.C24H15Br.C16H13BO2/c1-2-12-31-26-32(25-20-27(31)10-1)40-37-17-7-5-15-35(37)39(36-16-6-8-18-38(36)40)30-23-21-29(22-24-30)34-19-9-13-28-11-3-4-14-33(28)34;25-24-21-11-5-3-9-19(21)23(20-10-4-6-12-22(20)24)18-14-13-16-7-1-2-8-17(16)15-18;18-17(19)14-10-8-13(9-11-14)16-7-3-5-12-4-1-2-6-15(12)16/h1-26H;1-15H;1-11,18-19H/i5D,6D,7D,8D,15D,16D,17D,18D;3D,4D,5D,6D,9D,10D,11D,12D;. The maximum absolute atomic E-state index is 9.19. The molecular weight excluding hydrogens is 1080 g/mol. The second kappa shape index (κ2) is 22.8. The number of hydrogen-bond donors (Lipinski definition) is 2. The molecule has 0 aliphatic rings. The van der Waals surface area contributed by atoms with Gasteiger partial charge in [-0.05, 0) is 175 Å². The molecule has 0 heterocycles. The van der Waals surface area contributed by atoms with Gasteiger partial charge >= 0.3 is 7.12 Å². The van der Waals surface area contributed by atoms with Gasteiger partial charge in [0.05, 0.1) is 21.9 Å². The maximum atomic E-state index is 9.19. The van der Waals surface area contributed by atoms with Crippen molar-refractivity contribution >= 4 is 115 Å². The predicted octanol–water partition coefficient (Wildman–Crippen LogP) is 21.1. The topological polar surface area (TPSA) is 40.5 Å². The molecule has 2 N–H and O–H groups in total. The molecule has 4 heteroatoms. The smallest absolute Gasteiger partial charge is 0.423 e. The van der Waals surface area contributed by atoms with Gasteiger partial charge in [-0.25, -0.2) is 0 Å². The fourth-order valence-electron chi connectivity index (χ4n) is 11.4. The average Bonchev–Trinajstić information content (AvgIpc) is 0.704. The highest BCUT2D eigenvalue weighted by Crippen LogP contribution is 2.46. The molecule has 0 aromatic heterocycles. The zero-order valence-corrected chi connectivity index (χ0v) is 46.2. The zero-order chi connectivity index (χ0) is 70.4. The van der Waals surface area contributed by atoms with Crippen LogP contribution < -0.4 is 5.46 Å². The molecule has 0 spiro atoms. The SMILES string of the molecule is OB(O)c1ccc(-c2cccc3ccccc23)cc1.[2H]c1c([2H])c([2H])c2c(-c3ccc4ccccc4c3)c3c([2H])c([2H])c([2H])c([2H])c3c(-c3ccc(-c4cccc5ccccc45)cc3)c2c1[2H].[2H]c1c([2H])c([2H])c2c(-c3ccc4ccccc4c3)c3c([2H])c([2H])c([2H])c([2H])c3c(Br)c2c1[2H]. The summed E-state index contributed by atoms with van der Waals surface area (Å²) >= 11 is 3.42. The van der Waals surface area contributed by atoms with E-state index in [1.807, 2.05) is 164 Å². The van der Waals surface area contributed by atoms with Crippen molar-refractivity contribution in [2.24, 2.45) is 0 Å². The first-order chi connectivity index (χ1) is 48.1. The molecular formula is C80H54BBrO2. The van der Waals surface area contributed by atoms with Crippen molar-refractivity contribution in [1.82, 2.24) is 0 Å². The highest BCUT2D eigenvalue weighted by atomic mass is 79.9. The lowest BCUT2D eigenvalue weighted by atomic mass is 9.79. The molecule has 0 fully saturated rings. The summed E-state index contributed by atoms with van der Waals surface area (Å²) < 4.78 is 139. The van der Waals surface area contributed by atoms with Crippen LogP contribution in [0.1, 0.15) is 21.9 Å². The minimum Gasteiger partial charge on any atom is -0.423 e. The van der Waals surface area contributed by atoms with Crippen molar-refractivity contribution in [1.29, 1.82) is 0 Å². The van der Waals surface area contributed by atoms with Gasteiger partial charge in [-0.3, -0.25) is 0 Å². The van der Waals surface area contributed by atoms with E-state index in [-0.39, 0.29) is 95.9 Å².